The van der Waals surface area contributed by atoms with E-state index in [9.17, 15) is 9.59 Å². The normalized spacial score (nSPS) is 11.8. The van der Waals surface area contributed by atoms with Crippen LogP contribution in [0.2, 0.25) is 0 Å². The van der Waals surface area contributed by atoms with Crippen molar-refractivity contribution in [1.29, 1.82) is 0 Å². The Labute approximate surface area is 118 Å². The van der Waals surface area contributed by atoms with Gasteiger partial charge >= 0.3 is 5.97 Å². The Bertz CT molecular complexity index is 485. The number of amides is 1. The number of rotatable bonds is 7. The first kappa shape index (κ1) is 16.0. The van der Waals surface area contributed by atoms with Gasteiger partial charge in [0.2, 0.25) is 5.91 Å². The lowest BCUT2D eigenvalue weighted by atomic mass is 10.1. The molecular formula is C15H21NO4. The molecule has 0 aromatic heterocycles. The topological polar surface area (TPSA) is 75.6 Å². The molecule has 0 saturated heterocycles. The number of benzene rings is 1. The van der Waals surface area contributed by atoms with Gasteiger partial charge in [-0.25, -0.2) is 4.79 Å². The molecule has 1 atom stereocenters. The van der Waals surface area contributed by atoms with E-state index in [1.165, 1.54) is 0 Å². The number of carboxylic acids is 1. The van der Waals surface area contributed by atoms with E-state index in [4.69, 9.17) is 9.84 Å². The van der Waals surface area contributed by atoms with Crippen molar-refractivity contribution in [2.24, 2.45) is 0 Å². The second-order valence-electron chi connectivity index (χ2n) is 4.66. The molecule has 0 aliphatic rings. The maximum Gasteiger partial charge on any atom is 0.326 e. The van der Waals surface area contributed by atoms with Gasteiger partial charge in [-0.15, -0.1) is 0 Å². The molecule has 110 valence electrons. The second-order valence-corrected chi connectivity index (χ2v) is 4.66. The quantitative estimate of drug-likeness (QED) is 0.801. The number of carbonyl (C=O) groups excluding carboxylic acids is 1. The smallest absolute Gasteiger partial charge is 0.326 e. The highest BCUT2D eigenvalue weighted by atomic mass is 16.5. The Morgan fingerprint density at radius 2 is 2.05 bits per heavy atom. The third-order valence-electron chi connectivity index (χ3n) is 3.18. The van der Waals surface area contributed by atoms with Crippen LogP contribution in [0.25, 0.3) is 0 Å². The fourth-order valence-electron chi connectivity index (χ4n) is 1.74. The fourth-order valence-corrected chi connectivity index (χ4v) is 1.74. The summed E-state index contributed by atoms with van der Waals surface area (Å²) < 4.78 is 5.56. The average molecular weight is 279 g/mol. The molecule has 2 N–H and O–H groups in total. The summed E-state index contributed by atoms with van der Waals surface area (Å²) in [4.78, 5) is 22.4. The zero-order chi connectivity index (χ0) is 15.1. The van der Waals surface area contributed by atoms with Gasteiger partial charge in [0.1, 0.15) is 11.8 Å². The fraction of sp³-hybridized carbons (Fsp3) is 0.467. The van der Waals surface area contributed by atoms with Gasteiger partial charge in [0.15, 0.2) is 0 Å². The first-order valence-electron chi connectivity index (χ1n) is 6.66. The predicted octanol–water partition coefficient (Wildman–Crippen LogP) is 2.05. The Hall–Kier alpha value is -2.04. The molecule has 0 saturated carbocycles. The Balaban J connectivity index is 2.42. The van der Waals surface area contributed by atoms with Crippen molar-refractivity contribution in [3.63, 3.8) is 0 Å². The summed E-state index contributed by atoms with van der Waals surface area (Å²) >= 11 is 0. The highest BCUT2D eigenvalue weighted by Crippen LogP contribution is 2.20. The van der Waals surface area contributed by atoms with E-state index in [0.717, 1.165) is 16.9 Å². The van der Waals surface area contributed by atoms with Gasteiger partial charge in [0, 0.05) is 0 Å². The van der Waals surface area contributed by atoms with Crippen LogP contribution in [0.5, 0.6) is 5.75 Å². The lowest BCUT2D eigenvalue weighted by Crippen LogP contribution is -2.40. The van der Waals surface area contributed by atoms with Gasteiger partial charge in [-0.2, -0.15) is 0 Å². The highest BCUT2D eigenvalue weighted by molar-refractivity contribution is 5.83. The molecule has 0 fully saturated rings. The lowest BCUT2D eigenvalue weighted by molar-refractivity contribution is -0.142. The highest BCUT2D eigenvalue weighted by Gasteiger charge is 2.17. The maximum absolute atomic E-state index is 11.6. The molecule has 1 aromatic rings. The van der Waals surface area contributed by atoms with E-state index in [0.29, 0.717) is 6.42 Å². The molecule has 1 amide bonds. The van der Waals surface area contributed by atoms with Gasteiger partial charge in [-0.05, 0) is 37.5 Å². The monoisotopic (exact) mass is 279 g/mol. The van der Waals surface area contributed by atoms with Crippen LogP contribution in [0.3, 0.4) is 0 Å². The van der Waals surface area contributed by atoms with Crippen molar-refractivity contribution in [2.45, 2.75) is 39.7 Å². The van der Waals surface area contributed by atoms with Crippen LogP contribution in [-0.4, -0.2) is 29.6 Å². The third-order valence-corrected chi connectivity index (χ3v) is 3.18. The predicted molar refractivity (Wildman–Crippen MR) is 75.9 cm³/mol. The largest absolute Gasteiger partial charge is 0.493 e. The summed E-state index contributed by atoms with van der Waals surface area (Å²) in [5.74, 6) is -0.580. The number of carboxylic acid groups (broad SMARTS) is 1. The van der Waals surface area contributed by atoms with Crippen molar-refractivity contribution in [3.8, 4) is 5.75 Å². The molecule has 1 rings (SSSR count). The molecule has 5 heteroatoms. The molecule has 0 radical (unpaired) electrons. The molecular weight excluding hydrogens is 258 g/mol. The minimum Gasteiger partial charge on any atom is -0.493 e. The zero-order valence-electron chi connectivity index (χ0n) is 12.1. The molecule has 20 heavy (non-hydrogen) atoms. The van der Waals surface area contributed by atoms with Crippen molar-refractivity contribution in [1.82, 2.24) is 5.32 Å². The molecule has 0 aliphatic carbocycles. The van der Waals surface area contributed by atoms with E-state index in [1.54, 1.807) is 6.92 Å². The molecule has 0 aliphatic heterocycles. The molecule has 0 unspecified atom stereocenters. The lowest BCUT2D eigenvalue weighted by Gasteiger charge is -2.13. The maximum atomic E-state index is 11.6. The minimum atomic E-state index is -1.02. The number of hydrogen-bond acceptors (Lipinski definition) is 3. The standard InChI is InChI=1S/C15H21NO4/c1-4-12(15(18)19)16-14(17)8-9-20-13-7-5-6-10(2)11(13)3/h5-7,12H,4,8-9H2,1-3H3,(H,16,17)(H,18,19)/t12-/m0/s1. The number of hydrogen-bond donors (Lipinski definition) is 2. The average Bonchev–Trinajstić information content (AvgIpc) is 2.40. The summed E-state index contributed by atoms with van der Waals surface area (Å²) in [6.07, 6.45) is 0.496. The first-order valence-corrected chi connectivity index (χ1v) is 6.66. The molecule has 5 nitrogen and oxygen atoms in total. The summed E-state index contributed by atoms with van der Waals surface area (Å²) in [6, 6.07) is 4.91. The number of aliphatic carboxylic acids is 1. The molecule has 0 spiro atoms. The number of ether oxygens (including phenoxy) is 1. The van der Waals surface area contributed by atoms with Crippen molar-refractivity contribution in [2.75, 3.05) is 6.61 Å². The van der Waals surface area contributed by atoms with E-state index in [1.807, 2.05) is 32.0 Å². The second kappa shape index (κ2) is 7.53. The van der Waals surface area contributed by atoms with Crippen molar-refractivity contribution < 1.29 is 19.4 Å². The van der Waals surface area contributed by atoms with Gasteiger partial charge < -0.3 is 15.2 Å². The van der Waals surface area contributed by atoms with Crippen LogP contribution in [0, 0.1) is 13.8 Å². The summed E-state index contributed by atoms with van der Waals surface area (Å²) in [7, 11) is 0. The zero-order valence-corrected chi connectivity index (χ0v) is 12.1. The first-order chi connectivity index (χ1) is 9.45. The minimum absolute atomic E-state index is 0.136. The number of carbonyl (C=O) groups is 2. The van der Waals surface area contributed by atoms with E-state index >= 15 is 0 Å². The van der Waals surface area contributed by atoms with E-state index in [-0.39, 0.29) is 18.9 Å². The van der Waals surface area contributed by atoms with Gasteiger partial charge in [-0.1, -0.05) is 19.1 Å². The Morgan fingerprint density at radius 1 is 1.35 bits per heavy atom. The van der Waals surface area contributed by atoms with Crippen molar-refractivity contribution in [3.05, 3.63) is 29.3 Å². The number of aryl methyl sites for hydroxylation is 1. The molecule has 1 aromatic carbocycles. The van der Waals surface area contributed by atoms with E-state index < -0.39 is 12.0 Å². The van der Waals surface area contributed by atoms with Crippen LogP contribution >= 0.6 is 0 Å². The Kier molecular flexibility index (Phi) is 6.03. The SMILES string of the molecule is CC[C@H](NC(=O)CCOc1cccc(C)c1C)C(=O)O. The number of nitrogens with one attached hydrogen (secondary N) is 1. The molecule has 0 heterocycles. The van der Waals surface area contributed by atoms with Crippen LogP contribution in [0.4, 0.5) is 0 Å². The summed E-state index contributed by atoms with van der Waals surface area (Å²) in [5.41, 5.74) is 2.17. The summed E-state index contributed by atoms with van der Waals surface area (Å²) in [6.45, 7) is 5.90. The van der Waals surface area contributed by atoms with Crippen LogP contribution in [0.15, 0.2) is 18.2 Å². The van der Waals surface area contributed by atoms with E-state index in [2.05, 4.69) is 5.32 Å². The molecule has 0 bridgehead atoms. The third kappa shape index (κ3) is 4.57. The Morgan fingerprint density at radius 3 is 2.65 bits per heavy atom. The van der Waals surface area contributed by atoms with Gasteiger partial charge in [0.05, 0.1) is 13.0 Å². The van der Waals surface area contributed by atoms with Crippen molar-refractivity contribution >= 4 is 11.9 Å². The van der Waals surface area contributed by atoms with Crippen LogP contribution in [0.1, 0.15) is 30.9 Å². The van der Waals surface area contributed by atoms with Crippen LogP contribution < -0.4 is 10.1 Å². The van der Waals surface area contributed by atoms with Gasteiger partial charge in [0.25, 0.3) is 0 Å². The summed E-state index contributed by atoms with van der Waals surface area (Å²) in [5, 5.41) is 11.3. The van der Waals surface area contributed by atoms with Gasteiger partial charge in [-0.3, -0.25) is 4.79 Å². The van der Waals surface area contributed by atoms with Crippen LogP contribution in [-0.2, 0) is 9.59 Å².